The number of aromatic hydroxyl groups is 1. The number of hydrogen-bond acceptors (Lipinski definition) is 4. The van der Waals surface area contributed by atoms with Gasteiger partial charge in [-0.3, -0.25) is 9.36 Å². The molecule has 1 aliphatic heterocycles. The molecule has 8 heteroatoms. The maximum absolute atomic E-state index is 13.6. The van der Waals surface area contributed by atoms with Crippen LogP contribution in [0, 0.1) is 0 Å². The predicted octanol–water partition coefficient (Wildman–Crippen LogP) is 6.26. The van der Waals surface area contributed by atoms with Crippen molar-refractivity contribution in [2.24, 2.45) is 0 Å². The molecule has 1 aliphatic rings. The number of thiophene rings is 1. The summed E-state index contributed by atoms with van der Waals surface area (Å²) in [6, 6.07) is 15.1. The second-order valence-corrected chi connectivity index (χ2v) is 9.33. The first-order valence-corrected chi connectivity index (χ1v) is 11.3. The van der Waals surface area contributed by atoms with E-state index < -0.39 is 5.54 Å². The fourth-order valence-electron chi connectivity index (χ4n) is 4.09. The van der Waals surface area contributed by atoms with Crippen LogP contribution < -0.4 is 4.90 Å². The Hall–Kier alpha value is -2.80. The average Bonchev–Trinajstić information content (AvgIpc) is 3.42. The van der Waals surface area contributed by atoms with E-state index in [0.717, 1.165) is 11.1 Å². The van der Waals surface area contributed by atoms with Gasteiger partial charge < -0.3 is 5.11 Å². The molecule has 0 radical (unpaired) electrons. The highest BCUT2D eigenvalue weighted by Gasteiger charge is 2.50. The molecule has 0 unspecified atom stereocenters. The Morgan fingerprint density at radius 2 is 1.77 bits per heavy atom. The molecule has 5 rings (SSSR count). The molecule has 31 heavy (non-hydrogen) atoms. The Balaban J connectivity index is 1.54. The van der Waals surface area contributed by atoms with Gasteiger partial charge in [0.05, 0.1) is 11.9 Å². The summed E-state index contributed by atoms with van der Waals surface area (Å²) >= 11 is 14.0. The van der Waals surface area contributed by atoms with Crippen molar-refractivity contribution < 1.29 is 9.90 Å². The maximum atomic E-state index is 13.6. The van der Waals surface area contributed by atoms with Gasteiger partial charge >= 0.3 is 0 Å². The maximum Gasteiger partial charge on any atom is 0.260 e. The first kappa shape index (κ1) is 20.1. The van der Waals surface area contributed by atoms with Crippen LogP contribution in [-0.4, -0.2) is 20.6 Å². The van der Waals surface area contributed by atoms with Crippen molar-refractivity contribution in [3.05, 3.63) is 81.1 Å². The number of hydrogen-bond donors (Lipinski definition) is 1. The molecule has 2 aromatic heterocycles. The Bertz CT molecular complexity index is 1260. The first-order valence-electron chi connectivity index (χ1n) is 9.56. The van der Waals surface area contributed by atoms with Crippen molar-refractivity contribution in [1.29, 1.82) is 0 Å². The molecule has 0 bridgehead atoms. The van der Waals surface area contributed by atoms with Crippen molar-refractivity contribution in [3.8, 4) is 17.0 Å². The van der Waals surface area contributed by atoms with E-state index in [2.05, 4.69) is 16.4 Å². The monoisotopic (exact) mass is 469 g/mol. The third-order valence-electron chi connectivity index (χ3n) is 5.54. The fraction of sp³-hybridized carbons (Fsp3) is 0.130. The van der Waals surface area contributed by atoms with E-state index in [0.29, 0.717) is 28.1 Å². The topological polar surface area (TPSA) is 58.4 Å². The number of carbonyl (C=O) groups is 1. The van der Waals surface area contributed by atoms with Gasteiger partial charge in [-0.25, -0.2) is 9.88 Å². The lowest BCUT2D eigenvalue weighted by atomic mass is 9.91. The van der Waals surface area contributed by atoms with Gasteiger partial charge in [-0.15, -0.1) is 0 Å². The summed E-state index contributed by atoms with van der Waals surface area (Å²) in [7, 11) is 0. The Morgan fingerprint density at radius 3 is 2.42 bits per heavy atom. The molecule has 2 aromatic carbocycles. The third-order valence-corrected chi connectivity index (χ3v) is 6.66. The number of benzene rings is 2. The zero-order valence-corrected chi connectivity index (χ0v) is 18.7. The van der Waals surface area contributed by atoms with E-state index in [1.807, 2.05) is 29.6 Å². The van der Waals surface area contributed by atoms with Crippen LogP contribution in [0.25, 0.3) is 11.1 Å². The van der Waals surface area contributed by atoms with Crippen LogP contribution in [0.4, 0.5) is 11.6 Å². The zero-order chi connectivity index (χ0) is 21.8. The lowest BCUT2D eigenvalue weighted by Crippen LogP contribution is -2.40. The number of halogens is 2. The molecular weight excluding hydrogens is 453 g/mol. The summed E-state index contributed by atoms with van der Waals surface area (Å²) in [5.41, 5.74) is 2.70. The van der Waals surface area contributed by atoms with Gasteiger partial charge in [0.2, 0.25) is 11.8 Å². The highest BCUT2D eigenvalue weighted by molar-refractivity contribution is 7.08. The second kappa shape index (κ2) is 7.41. The number of amides is 1. The normalized spacial score (nSPS) is 17.9. The molecule has 0 spiro atoms. The van der Waals surface area contributed by atoms with Crippen LogP contribution in [0.15, 0.2) is 65.5 Å². The van der Waals surface area contributed by atoms with Gasteiger partial charge in [-0.2, -0.15) is 11.3 Å². The fourth-order valence-corrected chi connectivity index (χ4v) is 5.27. The van der Waals surface area contributed by atoms with E-state index in [9.17, 15) is 9.90 Å². The van der Waals surface area contributed by atoms with Crippen molar-refractivity contribution in [2.75, 3.05) is 4.90 Å². The molecule has 1 N–H and O–H groups in total. The van der Waals surface area contributed by atoms with Crippen LogP contribution in [0.3, 0.4) is 0 Å². The summed E-state index contributed by atoms with van der Waals surface area (Å²) in [6.45, 7) is 1.80. The molecule has 0 saturated carbocycles. The van der Waals surface area contributed by atoms with Crippen LogP contribution in [-0.2, 0) is 16.8 Å². The summed E-state index contributed by atoms with van der Waals surface area (Å²) in [6.07, 6.45) is 1.73. The number of carbonyl (C=O) groups excluding carboxylic acids is 1. The summed E-state index contributed by atoms with van der Waals surface area (Å²) in [4.78, 5) is 19.4. The minimum atomic E-state index is -1.06. The van der Waals surface area contributed by atoms with Gasteiger partial charge in [-0.05, 0) is 58.6 Å². The van der Waals surface area contributed by atoms with E-state index >= 15 is 0 Å². The molecule has 5 nitrogen and oxygen atoms in total. The molecule has 3 heterocycles. The van der Waals surface area contributed by atoms with Crippen LogP contribution in [0.1, 0.15) is 12.5 Å². The minimum absolute atomic E-state index is 0.0728. The Labute approximate surface area is 193 Å². The van der Waals surface area contributed by atoms with Gasteiger partial charge in [0, 0.05) is 16.5 Å². The van der Waals surface area contributed by atoms with Crippen molar-refractivity contribution in [1.82, 2.24) is 9.55 Å². The standard InChI is InChI=1S/C23H17Cl2N3O2S/c1-23(11-14-2-4-15(5-3-14)16-6-7-31-13-16)21(30)27(22-26-12-20(29)28(22)23)19-9-17(24)8-18(25)10-19/h2-10,12-13,29H,11H2,1H3/t23-/m1/s1. The molecule has 1 atom stereocenters. The molecule has 0 fully saturated rings. The van der Waals surface area contributed by atoms with E-state index in [1.54, 1.807) is 41.0 Å². The van der Waals surface area contributed by atoms with Crippen LogP contribution >= 0.6 is 34.5 Å². The highest BCUT2D eigenvalue weighted by atomic mass is 35.5. The van der Waals surface area contributed by atoms with Gasteiger partial charge in [0.25, 0.3) is 5.91 Å². The Morgan fingerprint density at radius 1 is 1.06 bits per heavy atom. The molecule has 0 aliphatic carbocycles. The van der Waals surface area contributed by atoms with Gasteiger partial charge in [0.15, 0.2) is 0 Å². The average molecular weight is 470 g/mol. The van der Waals surface area contributed by atoms with E-state index in [4.69, 9.17) is 23.2 Å². The predicted molar refractivity (Wildman–Crippen MR) is 125 cm³/mol. The smallest absolute Gasteiger partial charge is 0.260 e. The number of aromatic nitrogens is 2. The first-order chi connectivity index (χ1) is 14.9. The van der Waals surface area contributed by atoms with Crippen LogP contribution in [0.2, 0.25) is 10.0 Å². The summed E-state index contributed by atoms with van der Waals surface area (Å²) < 4.78 is 1.57. The lowest BCUT2D eigenvalue weighted by molar-refractivity contribution is -0.124. The van der Waals surface area contributed by atoms with Gasteiger partial charge in [-0.1, -0.05) is 47.5 Å². The summed E-state index contributed by atoms with van der Waals surface area (Å²) in [5, 5.41) is 15.5. The van der Waals surface area contributed by atoms with Crippen molar-refractivity contribution >= 4 is 52.1 Å². The number of fused-ring (bicyclic) bond motifs is 1. The molecule has 156 valence electrons. The Kier molecular flexibility index (Phi) is 4.81. The van der Waals surface area contributed by atoms with Crippen molar-refractivity contribution in [2.45, 2.75) is 18.9 Å². The minimum Gasteiger partial charge on any atom is -0.493 e. The number of imidazole rings is 1. The molecule has 4 aromatic rings. The SMILES string of the molecule is C[C@@]1(Cc2ccc(-c3ccsc3)cc2)C(=O)N(c2cc(Cl)cc(Cl)c2)c2ncc(O)n21. The molecular formula is C23H17Cl2N3O2S. The quantitative estimate of drug-likeness (QED) is 0.383. The second-order valence-electron chi connectivity index (χ2n) is 7.68. The number of rotatable bonds is 4. The van der Waals surface area contributed by atoms with Crippen molar-refractivity contribution in [3.63, 3.8) is 0 Å². The molecule has 0 saturated heterocycles. The summed E-state index contributed by atoms with van der Waals surface area (Å²) in [5.74, 6) is 0.0424. The largest absolute Gasteiger partial charge is 0.493 e. The number of anilines is 2. The van der Waals surface area contributed by atoms with E-state index in [-0.39, 0.29) is 11.8 Å². The van der Waals surface area contributed by atoms with Crippen LogP contribution in [0.5, 0.6) is 5.88 Å². The van der Waals surface area contributed by atoms with E-state index in [1.165, 1.54) is 16.7 Å². The third kappa shape index (κ3) is 3.31. The lowest BCUT2D eigenvalue weighted by Gasteiger charge is -2.25. The van der Waals surface area contributed by atoms with Gasteiger partial charge in [0.1, 0.15) is 5.54 Å². The zero-order valence-electron chi connectivity index (χ0n) is 16.4. The number of nitrogens with zero attached hydrogens (tertiary/aromatic N) is 3. The highest BCUT2D eigenvalue weighted by Crippen LogP contribution is 2.45. The molecule has 1 amide bonds.